The third-order valence-corrected chi connectivity index (χ3v) is 3.33. The van der Waals surface area contributed by atoms with Gasteiger partial charge in [-0.2, -0.15) is 0 Å². The Labute approximate surface area is 85.7 Å². The van der Waals surface area contributed by atoms with Gasteiger partial charge in [-0.25, -0.2) is 0 Å². The molecule has 14 heavy (non-hydrogen) atoms. The molecule has 0 amide bonds. The minimum Gasteiger partial charge on any atom is -0.307 e. The summed E-state index contributed by atoms with van der Waals surface area (Å²) in [5.41, 5.74) is 1.62. The zero-order valence-electron chi connectivity index (χ0n) is 8.79. The van der Waals surface area contributed by atoms with Crippen molar-refractivity contribution in [3.8, 4) is 0 Å². The molecule has 0 radical (unpaired) electrons. The highest BCUT2D eigenvalue weighted by Crippen LogP contribution is 2.32. The minimum absolute atomic E-state index is 0.223. The Morgan fingerprint density at radius 3 is 2.71 bits per heavy atom. The Bertz CT molecular complexity index is 276. The van der Waals surface area contributed by atoms with Gasteiger partial charge in [0.25, 0.3) is 0 Å². The van der Waals surface area contributed by atoms with Crippen LogP contribution in [0.5, 0.6) is 0 Å². The maximum Gasteiger partial charge on any atom is 0.0433 e. The monoisotopic (exact) mass is 190 g/mol. The molecule has 1 saturated heterocycles. The van der Waals surface area contributed by atoms with Crippen LogP contribution in [0.2, 0.25) is 0 Å². The van der Waals surface area contributed by atoms with Crippen LogP contribution in [0, 0.1) is 0 Å². The summed E-state index contributed by atoms with van der Waals surface area (Å²) in [7, 11) is 0. The van der Waals surface area contributed by atoms with Crippen LogP contribution in [-0.2, 0) is 5.54 Å². The van der Waals surface area contributed by atoms with Gasteiger partial charge in [-0.1, -0.05) is 13.3 Å². The molecular formula is C12H18N2. The van der Waals surface area contributed by atoms with E-state index < -0.39 is 0 Å². The van der Waals surface area contributed by atoms with Crippen LogP contribution >= 0.6 is 0 Å². The molecule has 0 aromatic carbocycles. The number of aromatic nitrogens is 1. The lowest BCUT2D eigenvalue weighted by atomic mass is 9.81. The molecule has 1 unspecified atom stereocenters. The smallest absolute Gasteiger partial charge is 0.0433 e. The predicted octanol–water partition coefficient (Wildman–Crippen LogP) is 2.46. The van der Waals surface area contributed by atoms with Crippen LogP contribution in [0.3, 0.4) is 0 Å². The Kier molecular flexibility index (Phi) is 2.82. The van der Waals surface area contributed by atoms with E-state index in [9.17, 15) is 0 Å². The number of nitrogens with zero attached hydrogens (tertiary/aromatic N) is 1. The molecule has 1 atom stereocenters. The Balaban J connectivity index is 2.27. The van der Waals surface area contributed by atoms with E-state index in [1.165, 1.54) is 24.8 Å². The van der Waals surface area contributed by atoms with Crippen LogP contribution in [0.1, 0.15) is 38.2 Å². The van der Waals surface area contributed by atoms with Crippen molar-refractivity contribution in [2.24, 2.45) is 0 Å². The van der Waals surface area contributed by atoms with Gasteiger partial charge in [0.15, 0.2) is 0 Å². The molecule has 2 heterocycles. The molecule has 2 heteroatoms. The molecule has 1 aromatic heterocycles. The average molecular weight is 190 g/mol. The zero-order valence-corrected chi connectivity index (χ0v) is 8.79. The van der Waals surface area contributed by atoms with Gasteiger partial charge in [0.05, 0.1) is 0 Å². The van der Waals surface area contributed by atoms with E-state index in [4.69, 9.17) is 0 Å². The second-order valence-corrected chi connectivity index (χ2v) is 4.06. The summed E-state index contributed by atoms with van der Waals surface area (Å²) < 4.78 is 0. The molecule has 2 nitrogen and oxygen atoms in total. The summed E-state index contributed by atoms with van der Waals surface area (Å²) in [5.74, 6) is 0. The van der Waals surface area contributed by atoms with Crippen LogP contribution < -0.4 is 5.32 Å². The molecule has 0 aliphatic carbocycles. The molecule has 1 aliphatic rings. The van der Waals surface area contributed by atoms with Gasteiger partial charge in [0.2, 0.25) is 0 Å². The number of nitrogens with one attached hydrogen (secondary N) is 1. The highest BCUT2D eigenvalue weighted by atomic mass is 15.0. The van der Waals surface area contributed by atoms with Gasteiger partial charge in [0, 0.05) is 17.9 Å². The van der Waals surface area contributed by atoms with Gasteiger partial charge in [0.1, 0.15) is 0 Å². The molecule has 1 aliphatic heterocycles. The first-order chi connectivity index (χ1) is 6.87. The summed E-state index contributed by atoms with van der Waals surface area (Å²) in [5, 5.41) is 3.67. The fourth-order valence-corrected chi connectivity index (χ4v) is 2.39. The first kappa shape index (κ1) is 9.66. The zero-order chi connectivity index (χ0) is 9.86. The largest absolute Gasteiger partial charge is 0.307 e. The molecule has 1 fully saturated rings. The molecule has 0 saturated carbocycles. The molecule has 1 aromatic rings. The van der Waals surface area contributed by atoms with Gasteiger partial charge < -0.3 is 5.32 Å². The van der Waals surface area contributed by atoms with Crippen LogP contribution in [0.4, 0.5) is 0 Å². The van der Waals surface area contributed by atoms with E-state index in [1.54, 1.807) is 0 Å². The van der Waals surface area contributed by atoms with E-state index in [0.717, 1.165) is 13.0 Å². The van der Waals surface area contributed by atoms with Gasteiger partial charge >= 0.3 is 0 Å². The van der Waals surface area contributed by atoms with Crippen molar-refractivity contribution < 1.29 is 0 Å². The number of piperidine rings is 1. The van der Waals surface area contributed by atoms with Crippen LogP contribution in [-0.4, -0.2) is 11.5 Å². The molecular weight excluding hydrogens is 172 g/mol. The maximum absolute atomic E-state index is 4.08. The van der Waals surface area contributed by atoms with Crippen molar-refractivity contribution in [3.05, 3.63) is 30.1 Å². The normalized spacial score (nSPS) is 27.5. The van der Waals surface area contributed by atoms with Gasteiger partial charge in [-0.05, 0) is 43.5 Å². The third kappa shape index (κ3) is 1.67. The third-order valence-electron chi connectivity index (χ3n) is 3.33. The van der Waals surface area contributed by atoms with E-state index in [-0.39, 0.29) is 5.54 Å². The van der Waals surface area contributed by atoms with E-state index in [0.29, 0.717) is 0 Å². The van der Waals surface area contributed by atoms with E-state index in [1.807, 2.05) is 12.4 Å². The number of pyridine rings is 1. The number of hydrogen-bond acceptors (Lipinski definition) is 2. The summed E-state index contributed by atoms with van der Waals surface area (Å²) in [6.45, 7) is 3.41. The van der Waals surface area contributed by atoms with Crippen molar-refractivity contribution in [1.82, 2.24) is 10.3 Å². The maximum atomic E-state index is 4.08. The van der Waals surface area contributed by atoms with Crippen molar-refractivity contribution in [3.63, 3.8) is 0 Å². The summed E-state index contributed by atoms with van der Waals surface area (Å²) in [6.07, 6.45) is 8.85. The van der Waals surface area contributed by atoms with Gasteiger partial charge in [-0.15, -0.1) is 0 Å². The summed E-state index contributed by atoms with van der Waals surface area (Å²) >= 11 is 0. The molecule has 2 rings (SSSR count). The first-order valence-electron chi connectivity index (χ1n) is 5.53. The quantitative estimate of drug-likeness (QED) is 0.775. The fraction of sp³-hybridized carbons (Fsp3) is 0.583. The lowest BCUT2D eigenvalue weighted by molar-refractivity contribution is 0.248. The van der Waals surface area contributed by atoms with Crippen molar-refractivity contribution in [1.29, 1.82) is 0 Å². The van der Waals surface area contributed by atoms with E-state index in [2.05, 4.69) is 29.4 Å². The van der Waals surface area contributed by atoms with E-state index >= 15 is 0 Å². The Hall–Kier alpha value is -0.890. The average Bonchev–Trinajstić information content (AvgIpc) is 2.31. The first-order valence-corrected chi connectivity index (χ1v) is 5.53. The summed E-state index contributed by atoms with van der Waals surface area (Å²) in [6, 6.07) is 4.28. The van der Waals surface area contributed by atoms with Crippen LogP contribution in [0.25, 0.3) is 0 Å². The molecule has 76 valence electrons. The van der Waals surface area contributed by atoms with Crippen LogP contribution in [0.15, 0.2) is 24.5 Å². The molecule has 1 N–H and O–H groups in total. The highest BCUT2D eigenvalue weighted by molar-refractivity contribution is 5.22. The predicted molar refractivity (Wildman–Crippen MR) is 58.1 cm³/mol. The lowest BCUT2D eigenvalue weighted by Gasteiger charge is -2.38. The second-order valence-electron chi connectivity index (χ2n) is 4.06. The SMILES string of the molecule is CCC1(c2ccncc2)CCCCN1. The molecule has 0 bridgehead atoms. The number of rotatable bonds is 2. The Morgan fingerprint density at radius 2 is 2.14 bits per heavy atom. The topological polar surface area (TPSA) is 24.9 Å². The number of hydrogen-bond donors (Lipinski definition) is 1. The van der Waals surface area contributed by atoms with Gasteiger partial charge in [-0.3, -0.25) is 4.98 Å². The van der Waals surface area contributed by atoms with Crippen molar-refractivity contribution in [2.75, 3.05) is 6.54 Å². The fourth-order valence-electron chi connectivity index (χ4n) is 2.39. The summed E-state index contributed by atoms with van der Waals surface area (Å²) in [4.78, 5) is 4.08. The highest BCUT2D eigenvalue weighted by Gasteiger charge is 2.31. The van der Waals surface area contributed by atoms with Crippen molar-refractivity contribution >= 4 is 0 Å². The minimum atomic E-state index is 0.223. The Morgan fingerprint density at radius 1 is 1.36 bits per heavy atom. The van der Waals surface area contributed by atoms with Crippen molar-refractivity contribution in [2.45, 2.75) is 38.1 Å². The molecule has 0 spiro atoms. The lowest BCUT2D eigenvalue weighted by Crippen LogP contribution is -2.45. The standard InChI is InChI=1S/C12H18N2/c1-2-12(7-3-4-8-14-12)11-5-9-13-10-6-11/h5-6,9-10,14H,2-4,7-8H2,1H3. The second kappa shape index (κ2) is 4.09.